The van der Waals surface area contributed by atoms with E-state index < -0.39 is 0 Å². The van der Waals surface area contributed by atoms with Crippen molar-refractivity contribution in [1.82, 2.24) is 0 Å². The lowest BCUT2D eigenvalue weighted by Gasteiger charge is -2.03. The van der Waals surface area contributed by atoms with Crippen LogP contribution >= 0.6 is 11.8 Å². The van der Waals surface area contributed by atoms with Gasteiger partial charge in [0.15, 0.2) is 0 Å². The molecule has 0 radical (unpaired) electrons. The van der Waals surface area contributed by atoms with Crippen LogP contribution in [-0.2, 0) is 0 Å². The second-order valence-corrected chi connectivity index (χ2v) is 5.22. The highest BCUT2D eigenvalue weighted by atomic mass is 32.2. The van der Waals surface area contributed by atoms with Crippen LogP contribution in [0.1, 0.15) is 45.4 Å². The molecular formula is C14H22OS. The van der Waals surface area contributed by atoms with E-state index in [-0.39, 0.29) is 0 Å². The lowest BCUT2D eigenvalue weighted by Crippen LogP contribution is -1.83. The fourth-order valence-corrected chi connectivity index (χ4v) is 2.60. The van der Waals surface area contributed by atoms with Gasteiger partial charge in [-0.3, -0.25) is 0 Å². The van der Waals surface area contributed by atoms with E-state index in [0.29, 0.717) is 5.75 Å². The zero-order valence-corrected chi connectivity index (χ0v) is 10.9. The largest absolute Gasteiger partial charge is 0.507 e. The average Bonchev–Trinajstić information content (AvgIpc) is 2.30. The van der Waals surface area contributed by atoms with Gasteiger partial charge in [-0.1, -0.05) is 51.2 Å². The van der Waals surface area contributed by atoms with Crippen molar-refractivity contribution in [1.29, 1.82) is 0 Å². The maximum Gasteiger partial charge on any atom is 0.129 e. The lowest BCUT2D eigenvalue weighted by molar-refractivity contribution is 0.462. The number of phenols is 1. The van der Waals surface area contributed by atoms with E-state index in [1.165, 1.54) is 38.5 Å². The van der Waals surface area contributed by atoms with Gasteiger partial charge in [-0.05, 0) is 24.3 Å². The van der Waals surface area contributed by atoms with Crippen molar-refractivity contribution in [3.05, 3.63) is 24.3 Å². The van der Waals surface area contributed by atoms with Crippen molar-refractivity contribution in [2.75, 3.05) is 5.75 Å². The third-order valence-electron chi connectivity index (χ3n) is 2.62. The second-order valence-electron chi connectivity index (χ2n) is 4.08. The molecule has 0 aliphatic rings. The number of phenolic OH excluding ortho intramolecular Hbond substituents is 1. The molecule has 1 nitrogen and oxygen atoms in total. The highest BCUT2D eigenvalue weighted by Crippen LogP contribution is 2.28. The number of para-hydroxylation sites is 1. The van der Waals surface area contributed by atoms with Gasteiger partial charge in [0.2, 0.25) is 0 Å². The highest BCUT2D eigenvalue weighted by molar-refractivity contribution is 7.99. The molecule has 0 aliphatic carbocycles. The third-order valence-corrected chi connectivity index (χ3v) is 3.77. The Morgan fingerprint density at radius 2 is 1.69 bits per heavy atom. The SMILES string of the molecule is CCCCCCCCSc1ccccc1O. The molecular weight excluding hydrogens is 216 g/mol. The van der Waals surface area contributed by atoms with E-state index in [2.05, 4.69) is 6.92 Å². The molecule has 0 aliphatic heterocycles. The summed E-state index contributed by atoms with van der Waals surface area (Å²) in [6.45, 7) is 2.24. The topological polar surface area (TPSA) is 20.2 Å². The molecule has 0 spiro atoms. The lowest BCUT2D eigenvalue weighted by atomic mass is 10.1. The zero-order chi connectivity index (χ0) is 11.6. The Labute approximate surface area is 103 Å². The minimum Gasteiger partial charge on any atom is -0.507 e. The summed E-state index contributed by atoms with van der Waals surface area (Å²) in [6.07, 6.45) is 7.98. The molecule has 1 aromatic carbocycles. The fraction of sp³-hybridized carbons (Fsp3) is 0.571. The molecule has 1 rings (SSSR count). The van der Waals surface area contributed by atoms with Crippen LogP contribution in [0.3, 0.4) is 0 Å². The summed E-state index contributed by atoms with van der Waals surface area (Å²) in [6, 6.07) is 7.58. The summed E-state index contributed by atoms with van der Waals surface area (Å²) in [5.41, 5.74) is 0. The van der Waals surface area contributed by atoms with Crippen molar-refractivity contribution in [3.63, 3.8) is 0 Å². The number of thioether (sulfide) groups is 1. The number of hydrogen-bond donors (Lipinski definition) is 1. The standard InChI is InChI=1S/C14H22OS/c1-2-3-4-5-6-9-12-16-14-11-8-7-10-13(14)15/h7-8,10-11,15H,2-6,9,12H2,1H3. The number of benzene rings is 1. The predicted molar refractivity (Wildman–Crippen MR) is 72.2 cm³/mol. The summed E-state index contributed by atoms with van der Waals surface area (Å²) in [5, 5.41) is 9.56. The molecule has 0 bridgehead atoms. The Balaban J connectivity index is 2.05. The van der Waals surface area contributed by atoms with Crippen LogP contribution in [0.25, 0.3) is 0 Å². The molecule has 1 N–H and O–H groups in total. The molecule has 90 valence electrons. The van der Waals surface area contributed by atoms with E-state index in [1.807, 2.05) is 18.2 Å². The minimum absolute atomic E-state index is 0.415. The van der Waals surface area contributed by atoms with Crippen LogP contribution in [0.4, 0.5) is 0 Å². The predicted octanol–water partition coefficient (Wildman–Crippen LogP) is 4.84. The molecule has 16 heavy (non-hydrogen) atoms. The van der Waals surface area contributed by atoms with Gasteiger partial charge in [-0.25, -0.2) is 0 Å². The highest BCUT2D eigenvalue weighted by Gasteiger charge is 1.99. The Morgan fingerprint density at radius 3 is 2.44 bits per heavy atom. The van der Waals surface area contributed by atoms with Crippen LogP contribution in [-0.4, -0.2) is 10.9 Å². The van der Waals surface area contributed by atoms with Gasteiger partial charge in [0, 0.05) is 4.90 Å². The average molecular weight is 238 g/mol. The normalized spacial score (nSPS) is 10.6. The Morgan fingerprint density at radius 1 is 1.00 bits per heavy atom. The number of aromatic hydroxyl groups is 1. The van der Waals surface area contributed by atoms with Crippen LogP contribution in [0.2, 0.25) is 0 Å². The Hall–Kier alpha value is -0.630. The van der Waals surface area contributed by atoms with Crippen molar-refractivity contribution in [3.8, 4) is 5.75 Å². The van der Waals surface area contributed by atoms with Gasteiger partial charge in [-0.15, -0.1) is 11.8 Å². The smallest absolute Gasteiger partial charge is 0.129 e. The number of unbranched alkanes of at least 4 members (excludes halogenated alkanes) is 5. The van der Waals surface area contributed by atoms with E-state index in [4.69, 9.17) is 0 Å². The van der Waals surface area contributed by atoms with Gasteiger partial charge in [-0.2, -0.15) is 0 Å². The summed E-state index contributed by atoms with van der Waals surface area (Å²) >= 11 is 1.76. The second kappa shape index (κ2) is 8.51. The van der Waals surface area contributed by atoms with Crippen LogP contribution in [0.5, 0.6) is 5.75 Å². The third kappa shape index (κ3) is 5.45. The van der Waals surface area contributed by atoms with Gasteiger partial charge < -0.3 is 5.11 Å². The number of hydrogen-bond acceptors (Lipinski definition) is 2. The monoisotopic (exact) mass is 238 g/mol. The quantitative estimate of drug-likeness (QED) is 0.516. The molecule has 0 amide bonds. The molecule has 0 heterocycles. The van der Waals surface area contributed by atoms with Crippen LogP contribution in [0.15, 0.2) is 29.2 Å². The molecule has 0 saturated heterocycles. The van der Waals surface area contributed by atoms with E-state index in [9.17, 15) is 5.11 Å². The van der Waals surface area contributed by atoms with Gasteiger partial charge in [0.25, 0.3) is 0 Å². The first kappa shape index (κ1) is 13.4. The molecule has 0 unspecified atom stereocenters. The van der Waals surface area contributed by atoms with Crippen molar-refractivity contribution < 1.29 is 5.11 Å². The summed E-state index contributed by atoms with van der Waals surface area (Å²) in [5.74, 6) is 1.53. The van der Waals surface area contributed by atoms with E-state index >= 15 is 0 Å². The van der Waals surface area contributed by atoms with Gasteiger partial charge in [0.05, 0.1) is 0 Å². The Bertz CT molecular complexity index is 286. The van der Waals surface area contributed by atoms with E-state index in [0.717, 1.165) is 10.6 Å². The maximum atomic E-state index is 9.56. The first-order valence-corrected chi connectivity index (χ1v) is 7.24. The van der Waals surface area contributed by atoms with Crippen molar-refractivity contribution in [2.24, 2.45) is 0 Å². The minimum atomic E-state index is 0.415. The van der Waals surface area contributed by atoms with E-state index in [1.54, 1.807) is 17.8 Å². The molecule has 0 aromatic heterocycles. The fourth-order valence-electron chi connectivity index (χ4n) is 1.64. The summed E-state index contributed by atoms with van der Waals surface area (Å²) in [7, 11) is 0. The molecule has 0 fully saturated rings. The van der Waals surface area contributed by atoms with Gasteiger partial charge >= 0.3 is 0 Å². The zero-order valence-electron chi connectivity index (χ0n) is 10.1. The Kier molecular flexibility index (Phi) is 7.15. The first-order valence-electron chi connectivity index (χ1n) is 6.25. The summed E-state index contributed by atoms with van der Waals surface area (Å²) < 4.78 is 0. The maximum absolute atomic E-state index is 9.56. The summed E-state index contributed by atoms with van der Waals surface area (Å²) in [4.78, 5) is 1.01. The molecule has 1 aromatic rings. The van der Waals surface area contributed by atoms with Crippen LogP contribution in [0, 0.1) is 0 Å². The molecule has 0 atom stereocenters. The van der Waals surface area contributed by atoms with Crippen molar-refractivity contribution >= 4 is 11.8 Å². The number of rotatable bonds is 8. The van der Waals surface area contributed by atoms with Gasteiger partial charge in [0.1, 0.15) is 5.75 Å². The first-order chi connectivity index (χ1) is 7.84. The van der Waals surface area contributed by atoms with Crippen molar-refractivity contribution in [2.45, 2.75) is 50.3 Å². The van der Waals surface area contributed by atoms with Crippen LogP contribution < -0.4 is 0 Å². The molecule has 2 heteroatoms. The molecule has 0 saturated carbocycles.